The number of halogens is 2. The molecule has 0 saturated carbocycles. The minimum Gasteiger partial charge on any atom is -0.485 e. The smallest absolute Gasteiger partial charge is 0.200 e. The minimum absolute atomic E-state index is 0.142. The summed E-state index contributed by atoms with van der Waals surface area (Å²) in [5.74, 6) is -0.472. The molecule has 2 N–H and O–H groups in total. The molecule has 0 amide bonds. The Morgan fingerprint density at radius 3 is 2.59 bits per heavy atom. The van der Waals surface area contributed by atoms with Gasteiger partial charge in [0.15, 0.2) is 17.2 Å². The summed E-state index contributed by atoms with van der Waals surface area (Å²) < 4.78 is 37.2. The first kappa shape index (κ1) is 21.8. The van der Waals surface area contributed by atoms with E-state index in [0.717, 1.165) is 5.56 Å². The topological polar surface area (TPSA) is 89.5 Å². The molecule has 3 heterocycles. The lowest BCUT2D eigenvalue weighted by Gasteiger charge is -2.21. The highest BCUT2D eigenvalue weighted by molar-refractivity contribution is 5.66. The Hall–Kier alpha value is -3.37. The van der Waals surface area contributed by atoms with Crippen LogP contribution in [0.1, 0.15) is 30.7 Å². The van der Waals surface area contributed by atoms with Crippen molar-refractivity contribution >= 4 is 5.65 Å². The Labute approximate surface area is 183 Å². The van der Waals surface area contributed by atoms with Gasteiger partial charge in [-0.1, -0.05) is 6.07 Å². The van der Waals surface area contributed by atoms with Crippen LogP contribution in [-0.4, -0.2) is 34.9 Å². The van der Waals surface area contributed by atoms with Gasteiger partial charge in [-0.25, -0.2) is 18.7 Å². The van der Waals surface area contributed by atoms with Crippen LogP contribution in [0, 0.1) is 25.5 Å². The lowest BCUT2D eigenvalue weighted by atomic mass is 10.1. The van der Waals surface area contributed by atoms with E-state index in [-0.39, 0.29) is 12.2 Å². The number of imidazole rings is 1. The van der Waals surface area contributed by atoms with Crippen LogP contribution in [0.2, 0.25) is 0 Å². The van der Waals surface area contributed by atoms with Crippen molar-refractivity contribution in [2.45, 2.75) is 46.4 Å². The number of hydroxylamine groups is 1. The summed E-state index contributed by atoms with van der Waals surface area (Å²) in [4.78, 5) is 9.00. The number of hydrogen-bond donors (Lipinski definition) is 2. The molecule has 3 aromatic heterocycles. The molecule has 0 radical (unpaired) electrons. The summed E-state index contributed by atoms with van der Waals surface area (Å²) in [7, 11) is 0. The van der Waals surface area contributed by atoms with Gasteiger partial charge >= 0.3 is 0 Å². The molecular formula is C22H24F2N6O2. The molecular weight excluding hydrogens is 418 g/mol. The number of benzene rings is 1. The van der Waals surface area contributed by atoms with Gasteiger partial charge in [-0.2, -0.15) is 5.48 Å². The number of aryl methyl sites for hydroxylation is 2. The average molecular weight is 442 g/mol. The van der Waals surface area contributed by atoms with Crippen LogP contribution in [0.25, 0.3) is 17.2 Å². The van der Waals surface area contributed by atoms with Crippen LogP contribution in [0.5, 0.6) is 5.75 Å². The third kappa shape index (κ3) is 4.19. The Morgan fingerprint density at radius 2 is 1.91 bits per heavy atom. The Kier molecular flexibility index (Phi) is 5.66. The first-order chi connectivity index (χ1) is 15.2. The molecule has 1 aromatic carbocycles. The normalized spacial score (nSPS) is 12.0. The highest BCUT2D eigenvalue weighted by Crippen LogP contribution is 2.29. The van der Waals surface area contributed by atoms with E-state index >= 15 is 0 Å². The number of nitrogens with one attached hydrogen (secondary N) is 1. The largest absolute Gasteiger partial charge is 0.485 e. The second kappa shape index (κ2) is 8.29. The Balaban J connectivity index is 1.70. The summed E-state index contributed by atoms with van der Waals surface area (Å²) in [5.41, 5.74) is 4.24. The summed E-state index contributed by atoms with van der Waals surface area (Å²) >= 11 is 0. The molecule has 32 heavy (non-hydrogen) atoms. The van der Waals surface area contributed by atoms with Gasteiger partial charge in [0.1, 0.15) is 30.3 Å². The number of ether oxygens (including phenoxy) is 1. The Morgan fingerprint density at radius 1 is 1.19 bits per heavy atom. The lowest BCUT2D eigenvalue weighted by Crippen LogP contribution is -2.41. The summed E-state index contributed by atoms with van der Waals surface area (Å²) in [6.45, 7) is 7.51. The number of hydrogen-bond acceptors (Lipinski definition) is 6. The molecule has 10 heteroatoms. The van der Waals surface area contributed by atoms with E-state index in [9.17, 15) is 14.0 Å². The highest BCUT2D eigenvalue weighted by atomic mass is 19.1. The zero-order chi connectivity index (χ0) is 23.0. The maximum atomic E-state index is 14.0. The van der Waals surface area contributed by atoms with Crippen LogP contribution >= 0.6 is 0 Å². The number of fused-ring (bicyclic) bond motifs is 1. The van der Waals surface area contributed by atoms with Gasteiger partial charge in [-0.15, -0.1) is 5.10 Å². The molecule has 168 valence electrons. The Bertz CT molecular complexity index is 1260. The van der Waals surface area contributed by atoms with Gasteiger partial charge in [0.2, 0.25) is 0 Å². The van der Waals surface area contributed by atoms with Gasteiger partial charge in [0.25, 0.3) is 0 Å². The maximum Gasteiger partial charge on any atom is 0.200 e. The van der Waals surface area contributed by atoms with Gasteiger partial charge in [0.05, 0.1) is 23.3 Å². The highest BCUT2D eigenvalue weighted by Gasteiger charge is 2.22. The fraction of sp³-hybridized carbons (Fsp3) is 0.318. The van der Waals surface area contributed by atoms with Crippen molar-refractivity contribution in [2.75, 3.05) is 0 Å². The third-order valence-corrected chi connectivity index (χ3v) is 5.04. The first-order valence-corrected chi connectivity index (χ1v) is 10.0. The number of aromatic nitrogens is 5. The number of rotatable bonds is 7. The van der Waals surface area contributed by atoms with Crippen molar-refractivity contribution in [1.29, 1.82) is 0 Å². The molecule has 8 nitrogen and oxygen atoms in total. The quantitative estimate of drug-likeness (QED) is 0.423. The molecule has 4 aromatic rings. The molecule has 0 atom stereocenters. The molecule has 0 spiro atoms. The number of nitrogens with zero attached hydrogens (tertiary/aromatic N) is 5. The summed E-state index contributed by atoms with van der Waals surface area (Å²) in [6, 6.07) is 5.47. The second-order valence-corrected chi connectivity index (χ2v) is 8.37. The molecule has 4 rings (SSSR count). The van der Waals surface area contributed by atoms with E-state index in [4.69, 9.17) is 4.74 Å². The third-order valence-electron chi connectivity index (χ3n) is 5.04. The maximum absolute atomic E-state index is 14.0. The second-order valence-electron chi connectivity index (χ2n) is 8.37. The lowest BCUT2D eigenvalue weighted by molar-refractivity contribution is 0.0691. The fourth-order valence-electron chi connectivity index (χ4n) is 3.47. The van der Waals surface area contributed by atoms with Gasteiger partial charge < -0.3 is 9.94 Å². The van der Waals surface area contributed by atoms with Crippen molar-refractivity contribution < 1.29 is 18.7 Å². The standard InChI is InChI=1S/C22H24F2N6O2/c1-13-8-18(32-10-15-16(23)6-5-7-17(15)24)21-26-14(2)19(30(21)9-13)20-25-12-29(27-20)11-22(3,4)28-31/h5-9,12,28,31H,10-11H2,1-4H3. The van der Waals surface area contributed by atoms with E-state index in [1.807, 2.05) is 38.3 Å². The number of pyridine rings is 1. The monoisotopic (exact) mass is 442 g/mol. The predicted molar refractivity (Wildman–Crippen MR) is 113 cm³/mol. The van der Waals surface area contributed by atoms with Crippen molar-refractivity contribution in [2.24, 2.45) is 0 Å². The molecule has 0 aliphatic heterocycles. The van der Waals surface area contributed by atoms with E-state index in [2.05, 4.69) is 20.5 Å². The van der Waals surface area contributed by atoms with Crippen LogP contribution in [0.4, 0.5) is 8.78 Å². The van der Waals surface area contributed by atoms with Gasteiger partial charge in [0, 0.05) is 6.20 Å². The van der Waals surface area contributed by atoms with E-state index in [1.54, 1.807) is 17.1 Å². The fourth-order valence-corrected chi connectivity index (χ4v) is 3.47. The first-order valence-electron chi connectivity index (χ1n) is 10.0. The van der Waals surface area contributed by atoms with Gasteiger partial charge in [-0.3, -0.25) is 9.08 Å². The van der Waals surface area contributed by atoms with Gasteiger partial charge in [-0.05, 0) is 51.5 Å². The van der Waals surface area contributed by atoms with Crippen molar-refractivity contribution in [3.05, 3.63) is 65.2 Å². The molecule has 0 unspecified atom stereocenters. The van der Waals surface area contributed by atoms with Crippen LogP contribution in [0.15, 0.2) is 36.8 Å². The molecule has 0 bridgehead atoms. The van der Waals surface area contributed by atoms with E-state index < -0.39 is 17.2 Å². The molecule has 0 aliphatic carbocycles. The van der Waals surface area contributed by atoms with Crippen LogP contribution in [-0.2, 0) is 13.2 Å². The minimum atomic E-state index is -0.663. The molecule has 0 aliphatic rings. The summed E-state index contributed by atoms with van der Waals surface area (Å²) in [5, 5.41) is 13.8. The molecule has 0 fully saturated rings. The SMILES string of the molecule is Cc1cc(OCc2c(F)cccc2F)c2nc(C)c(-c3ncn(CC(C)(C)NO)n3)n2c1. The predicted octanol–water partition coefficient (Wildman–Crippen LogP) is 3.82. The van der Waals surface area contributed by atoms with Crippen LogP contribution in [0.3, 0.4) is 0 Å². The van der Waals surface area contributed by atoms with E-state index in [0.29, 0.717) is 35.2 Å². The molecule has 0 saturated heterocycles. The zero-order valence-electron chi connectivity index (χ0n) is 18.2. The zero-order valence-corrected chi connectivity index (χ0v) is 18.2. The van der Waals surface area contributed by atoms with Crippen molar-refractivity contribution in [3.63, 3.8) is 0 Å². The summed E-state index contributed by atoms with van der Waals surface area (Å²) in [6.07, 6.45) is 3.46. The van der Waals surface area contributed by atoms with Crippen LogP contribution < -0.4 is 10.2 Å². The van der Waals surface area contributed by atoms with Crippen molar-refractivity contribution in [3.8, 4) is 17.3 Å². The van der Waals surface area contributed by atoms with Crippen molar-refractivity contribution in [1.82, 2.24) is 29.6 Å². The average Bonchev–Trinajstić information content (AvgIpc) is 3.30. The van der Waals surface area contributed by atoms with E-state index in [1.165, 1.54) is 18.2 Å².